The van der Waals surface area contributed by atoms with Crippen LogP contribution in [0.3, 0.4) is 0 Å². The molecule has 0 aromatic heterocycles. The number of hydrogen-bond acceptors (Lipinski definition) is 2. The standard InChI is InChI=1S/C12H13ClINO2/c1-5(2)11(16)6-3-8(14)9-7(10(6)13)4-15-12(9)17/h3,5,11,16H,4H2,1-2H3,(H,15,17). The quantitative estimate of drug-likeness (QED) is 0.792. The Morgan fingerprint density at radius 1 is 1.53 bits per heavy atom. The second-order valence-corrected chi connectivity index (χ2v) is 6.03. The summed E-state index contributed by atoms with van der Waals surface area (Å²) in [5.74, 6) is 0.00306. The van der Waals surface area contributed by atoms with Crippen molar-refractivity contribution < 1.29 is 9.90 Å². The van der Waals surface area contributed by atoms with Crippen LogP contribution in [-0.2, 0) is 6.54 Å². The lowest BCUT2D eigenvalue weighted by atomic mass is 9.96. The molecule has 17 heavy (non-hydrogen) atoms. The normalized spacial score (nSPS) is 16.0. The van der Waals surface area contributed by atoms with Crippen molar-refractivity contribution in [3.8, 4) is 0 Å². The summed E-state index contributed by atoms with van der Waals surface area (Å²) in [6.45, 7) is 4.32. The summed E-state index contributed by atoms with van der Waals surface area (Å²) in [4.78, 5) is 11.6. The highest BCUT2D eigenvalue weighted by Crippen LogP contribution is 2.36. The zero-order valence-electron chi connectivity index (χ0n) is 9.55. The number of hydrogen-bond donors (Lipinski definition) is 2. The highest BCUT2D eigenvalue weighted by molar-refractivity contribution is 14.1. The Hall–Kier alpha value is -0.330. The van der Waals surface area contributed by atoms with E-state index in [4.69, 9.17) is 11.6 Å². The first-order valence-electron chi connectivity index (χ1n) is 5.40. The minimum absolute atomic E-state index is 0.0862. The Labute approximate surface area is 119 Å². The molecule has 0 fully saturated rings. The van der Waals surface area contributed by atoms with Gasteiger partial charge < -0.3 is 10.4 Å². The molecule has 0 aliphatic carbocycles. The van der Waals surface area contributed by atoms with E-state index in [1.54, 1.807) is 6.07 Å². The molecule has 0 radical (unpaired) electrons. The van der Waals surface area contributed by atoms with Crippen LogP contribution in [0, 0.1) is 9.49 Å². The third-order valence-corrected chi connectivity index (χ3v) is 4.24. The van der Waals surface area contributed by atoms with Crippen LogP contribution in [0.5, 0.6) is 0 Å². The van der Waals surface area contributed by atoms with E-state index in [2.05, 4.69) is 27.9 Å². The maximum atomic E-state index is 11.6. The third kappa shape index (κ3) is 2.18. The topological polar surface area (TPSA) is 49.3 Å². The molecule has 1 atom stereocenters. The minimum Gasteiger partial charge on any atom is -0.388 e. The van der Waals surface area contributed by atoms with E-state index in [9.17, 15) is 9.90 Å². The second-order valence-electron chi connectivity index (χ2n) is 4.49. The minimum atomic E-state index is -0.600. The zero-order chi connectivity index (χ0) is 12.7. The fourth-order valence-electron chi connectivity index (χ4n) is 1.94. The van der Waals surface area contributed by atoms with Crippen LogP contribution in [0.15, 0.2) is 6.07 Å². The lowest BCUT2D eigenvalue weighted by Crippen LogP contribution is -2.13. The van der Waals surface area contributed by atoms with Gasteiger partial charge in [-0.1, -0.05) is 25.4 Å². The first-order valence-corrected chi connectivity index (χ1v) is 6.86. The van der Waals surface area contributed by atoms with Gasteiger partial charge in [0.25, 0.3) is 5.91 Å². The molecule has 0 saturated carbocycles. The first-order chi connectivity index (χ1) is 7.93. The Bertz CT molecular complexity index is 488. The van der Waals surface area contributed by atoms with Gasteiger partial charge in [0.15, 0.2) is 0 Å². The molecular formula is C12H13ClINO2. The van der Waals surface area contributed by atoms with E-state index in [1.165, 1.54) is 0 Å². The number of aliphatic hydroxyl groups excluding tert-OH is 1. The van der Waals surface area contributed by atoms with Gasteiger partial charge in [0.05, 0.1) is 16.7 Å². The maximum Gasteiger partial charge on any atom is 0.253 e. The number of carbonyl (C=O) groups is 1. The number of carbonyl (C=O) groups excluding carboxylic acids is 1. The largest absolute Gasteiger partial charge is 0.388 e. The molecule has 2 N–H and O–H groups in total. The molecule has 0 saturated heterocycles. The van der Waals surface area contributed by atoms with Gasteiger partial charge in [-0.2, -0.15) is 0 Å². The molecule has 1 aromatic carbocycles. The lowest BCUT2D eigenvalue weighted by molar-refractivity contribution is 0.0964. The van der Waals surface area contributed by atoms with Gasteiger partial charge in [-0.3, -0.25) is 4.79 Å². The monoisotopic (exact) mass is 365 g/mol. The molecule has 0 spiro atoms. The number of aliphatic hydroxyl groups is 1. The van der Waals surface area contributed by atoms with Crippen LogP contribution in [0.1, 0.15) is 41.4 Å². The predicted octanol–water partition coefficient (Wildman–Crippen LogP) is 2.88. The van der Waals surface area contributed by atoms with Crippen LogP contribution in [0.2, 0.25) is 5.02 Å². The molecule has 0 bridgehead atoms. The second kappa shape index (κ2) is 4.74. The smallest absolute Gasteiger partial charge is 0.253 e. The van der Waals surface area contributed by atoms with Crippen LogP contribution in [0.4, 0.5) is 0 Å². The highest BCUT2D eigenvalue weighted by atomic mass is 127. The zero-order valence-corrected chi connectivity index (χ0v) is 12.5. The average Bonchev–Trinajstić information content (AvgIpc) is 2.65. The number of halogens is 2. The molecule has 1 aliphatic heterocycles. The van der Waals surface area contributed by atoms with Crippen LogP contribution < -0.4 is 5.32 Å². The van der Waals surface area contributed by atoms with Gasteiger partial charge >= 0.3 is 0 Å². The van der Waals surface area contributed by atoms with Crippen LogP contribution >= 0.6 is 34.2 Å². The van der Waals surface area contributed by atoms with Crippen molar-refractivity contribution in [2.75, 3.05) is 0 Å². The van der Waals surface area contributed by atoms with Gasteiger partial charge in [-0.05, 0) is 34.6 Å². The molecule has 1 unspecified atom stereocenters. The number of amides is 1. The summed E-state index contributed by atoms with van der Waals surface area (Å²) >= 11 is 8.38. The van der Waals surface area contributed by atoms with E-state index in [0.29, 0.717) is 22.7 Å². The van der Waals surface area contributed by atoms with Crippen LogP contribution in [-0.4, -0.2) is 11.0 Å². The number of nitrogens with one attached hydrogen (secondary N) is 1. The summed E-state index contributed by atoms with van der Waals surface area (Å²) in [6, 6.07) is 1.80. The van der Waals surface area contributed by atoms with Gasteiger partial charge in [-0.25, -0.2) is 0 Å². The molecule has 92 valence electrons. The van der Waals surface area contributed by atoms with Crippen molar-refractivity contribution in [3.05, 3.63) is 31.3 Å². The summed E-state index contributed by atoms with van der Waals surface area (Å²) < 4.78 is 0.840. The average molecular weight is 366 g/mol. The fraction of sp³-hybridized carbons (Fsp3) is 0.417. The molecule has 1 aromatic rings. The van der Waals surface area contributed by atoms with E-state index >= 15 is 0 Å². The lowest BCUT2D eigenvalue weighted by Gasteiger charge is -2.18. The van der Waals surface area contributed by atoms with Crippen molar-refractivity contribution in [2.24, 2.45) is 5.92 Å². The molecule has 1 heterocycles. The SMILES string of the molecule is CC(C)C(O)c1cc(I)c2c(c1Cl)CNC2=O. The van der Waals surface area contributed by atoms with Crippen molar-refractivity contribution >= 4 is 40.1 Å². The van der Waals surface area contributed by atoms with Crippen molar-refractivity contribution in [3.63, 3.8) is 0 Å². The number of benzene rings is 1. The molecular weight excluding hydrogens is 352 g/mol. The predicted molar refractivity (Wildman–Crippen MR) is 75.1 cm³/mol. The maximum absolute atomic E-state index is 11.6. The van der Waals surface area contributed by atoms with Crippen molar-refractivity contribution in [1.29, 1.82) is 0 Å². The highest BCUT2D eigenvalue weighted by Gasteiger charge is 2.28. The molecule has 1 aliphatic rings. The summed E-state index contributed by atoms with van der Waals surface area (Å²) in [5, 5.41) is 13.4. The van der Waals surface area contributed by atoms with Gasteiger partial charge in [0.1, 0.15) is 0 Å². The van der Waals surface area contributed by atoms with Gasteiger partial charge in [0.2, 0.25) is 0 Å². The van der Waals surface area contributed by atoms with E-state index in [-0.39, 0.29) is 11.8 Å². The Morgan fingerprint density at radius 2 is 2.18 bits per heavy atom. The van der Waals surface area contributed by atoms with Crippen molar-refractivity contribution in [1.82, 2.24) is 5.32 Å². The number of fused-ring (bicyclic) bond motifs is 1. The fourth-order valence-corrected chi connectivity index (χ4v) is 3.18. The van der Waals surface area contributed by atoms with Gasteiger partial charge in [0, 0.05) is 21.2 Å². The first kappa shape index (κ1) is 13.1. The molecule has 3 nitrogen and oxygen atoms in total. The Morgan fingerprint density at radius 3 is 2.76 bits per heavy atom. The molecule has 1 amide bonds. The van der Waals surface area contributed by atoms with Crippen LogP contribution in [0.25, 0.3) is 0 Å². The third-order valence-electron chi connectivity index (χ3n) is 2.94. The molecule has 5 heteroatoms. The van der Waals surface area contributed by atoms with E-state index in [0.717, 1.165) is 9.13 Å². The number of rotatable bonds is 2. The van der Waals surface area contributed by atoms with Gasteiger partial charge in [-0.15, -0.1) is 0 Å². The Kier molecular flexibility index (Phi) is 3.66. The summed E-state index contributed by atoms with van der Waals surface area (Å²) in [7, 11) is 0. The Balaban J connectivity index is 2.59. The van der Waals surface area contributed by atoms with E-state index in [1.807, 2.05) is 13.8 Å². The molecule has 2 rings (SSSR count). The van der Waals surface area contributed by atoms with Crippen molar-refractivity contribution in [2.45, 2.75) is 26.5 Å². The summed E-state index contributed by atoms with van der Waals surface area (Å²) in [5.41, 5.74) is 2.16. The van der Waals surface area contributed by atoms with E-state index < -0.39 is 6.10 Å². The summed E-state index contributed by atoms with van der Waals surface area (Å²) in [6.07, 6.45) is -0.600.